The summed E-state index contributed by atoms with van der Waals surface area (Å²) in [5.41, 5.74) is -0.0519. The number of nitriles is 1. The van der Waals surface area contributed by atoms with E-state index in [1.807, 2.05) is 6.07 Å². The lowest BCUT2D eigenvalue weighted by atomic mass is 10.1. The molecule has 2 heterocycles. The molecule has 0 bridgehead atoms. The lowest BCUT2D eigenvalue weighted by Gasteiger charge is -2.12. The van der Waals surface area contributed by atoms with E-state index in [0.29, 0.717) is 0 Å². The molecule has 0 aliphatic heterocycles. The highest BCUT2D eigenvalue weighted by atomic mass is 16.5. The van der Waals surface area contributed by atoms with Crippen LogP contribution in [0.4, 0.5) is 0 Å². The first-order valence-corrected chi connectivity index (χ1v) is 8.00. The lowest BCUT2D eigenvalue weighted by molar-refractivity contribution is 0.0522. The molecule has 0 spiro atoms. The quantitative estimate of drug-likeness (QED) is 0.548. The third-order valence-corrected chi connectivity index (χ3v) is 3.68. The summed E-state index contributed by atoms with van der Waals surface area (Å²) in [6.45, 7) is 1.74. The summed E-state index contributed by atoms with van der Waals surface area (Å²) in [5, 5.41) is 21.8. The molecule has 134 valence electrons. The number of para-hydroxylation sites is 1. The maximum Gasteiger partial charge on any atom is 0.342 e. The van der Waals surface area contributed by atoms with E-state index >= 15 is 0 Å². The first-order valence-electron chi connectivity index (χ1n) is 8.00. The fourth-order valence-corrected chi connectivity index (χ4v) is 2.44. The van der Waals surface area contributed by atoms with E-state index < -0.39 is 11.8 Å². The van der Waals surface area contributed by atoms with Crippen LogP contribution < -0.4 is 5.49 Å². The van der Waals surface area contributed by atoms with E-state index in [1.54, 1.807) is 37.3 Å². The van der Waals surface area contributed by atoms with Gasteiger partial charge in [0.15, 0.2) is 11.2 Å². The van der Waals surface area contributed by atoms with Gasteiger partial charge in [0.2, 0.25) is 5.78 Å². The normalized spacial score (nSPS) is 10.2. The Morgan fingerprint density at radius 2 is 2.07 bits per heavy atom. The molecule has 0 aliphatic rings. The van der Waals surface area contributed by atoms with Gasteiger partial charge in [-0.1, -0.05) is 12.1 Å². The van der Waals surface area contributed by atoms with E-state index in [2.05, 4.69) is 5.10 Å². The summed E-state index contributed by atoms with van der Waals surface area (Å²) >= 11 is 0. The predicted molar refractivity (Wildman–Crippen MR) is 92.2 cm³/mol. The first-order chi connectivity index (χ1) is 13.1. The summed E-state index contributed by atoms with van der Waals surface area (Å²) in [4.78, 5) is 24.9. The number of furan rings is 1. The van der Waals surface area contributed by atoms with Gasteiger partial charge >= 0.3 is 5.97 Å². The number of hydrogen-bond donors (Lipinski definition) is 1. The third-order valence-electron chi connectivity index (χ3n) is 3.68. The van der Waals surface area contributed by atoms with Gasteiger partial charge < -0.3 is 9.15 Å². The maximum absolute atomic E-state index is 12.6. The molecule has 1 aromatic carbocycles. The van der Waals surface area contributed by atoms with Crippen molar-refractivity contribution < 1.29 is 18.7 Å². The van der Waals surface area contributed by atoms with Crippen LogP contribution in [0, 0.1) is 16.7 Å². The number of nitrogens with one attached hydrogen (secondary N) is 1. The molecule has 0 atom stereocenters. The van der Waals surface area contributed by atoms with Crippen molar-refractivity contribution in [2.45, 2.75) is 6.92 Å². The standard InChI is InChI=1S/C19H14N4O4/c1-2-26-19(25)13-10-14(17(24)16-8-5-9-27-16)22-23(18(13)21)15-7-4-3-6-12(15)11-20/h3-10,21H,2H2,1H3. The van der Waals surface area contributed by atoms with E-state index in [4.69, 9.17) is 14.6 Å². The summed E-state index contributed by atoms with van der Waals surface area (Å²) in [7, 11) is 0. The molecule has 3 rings (SSSR count). The Morgan fingerprint density at radius 3 is 2.74 bits per heavy atom. The zero-order valence-electron chi connectivity index (χ0n) is 14.3. The molecule has 8 heteroatoms. The van der Waals surface area contributed by atoms with E-state index in [-0.39, 0.29) is 40.4 Å². The van der Waals surface area contributed by atoms with Crippen LogP contribution in [0.1, 0.15) is 39.1 Å². The van der Waals surface area contributed by atoms with Gasteiger partial charge in [-0.3, -0.25) is 10.2 Å². The number of ketones is 1. The summed E-state index contributed by atoms with van der Waals surface area (Å²) in [6, 6.07) is 12.7. The number of ether oxygens (including phenoxy) is 1. The molecule has 2 aromatic heterocycles. The zero-order chi connectivity index (χ0) is 19.4. The van der Waals surface area contributed by atoms with Gasteiger partial charge in [-0.05, 0) is 37.3 Å². The lowest BCUT2D eigenvalue weighted by Crippen LogP contribution is -2.31. The fraction of sp³-hybridized carbons (Fsp3) is 0.105. The van der Waals surface area contributed by atoms with Crippen LogP contribution in [-0.4, -0.2) is 28.1 Å². The Balaban J connectivity index is 2.26. The summed E-state index contributed by atoms with van der Waals surface area (Å²) in [5.74, 6) is -1.29. The predicted octanol–water partition coefficient (Wildman–Crippen LogP) is 2.22. The Labute approximate surface area is 153 Å². The van der Waals surface area contributed by atoms with Crippen LogP contribution in [0.2, 0.25) is 0 Å². The van der Waals surface area contributed by atoms with Crippen LogP contribution in [0.25, 0.3) is 5.69 Å². The van der Waals surface area contributed by atoms with E-state index in [1.165, 1.54) is 18.4 Å². The molecule has 0 amide bonds. The zero-order valence-corrected chi connectivity index (χ0v) is 14.3. The minimum Gasteiger partial charge on any atom is -0.462 e. The van der Waals surface area contributed by atoms with E-state index in [0.717, 1.165) is 4.68 Å². The summed E-state index contributed by atoms with van der Waals surface area (Å²) in [6.07, 6.45) is 1.34. The van der Waals surface area contributed by atoms with Gasteiger partial charge in [0.25, 0.3) is 0 Å². The maximum atomic E-state index is 12.6. The molecule has 1 N–H and O–H groups in total. The number of nitrogens with zero attached hydrogens (tertiary/aromatic N) is 3. The van der Waals surface area contributed by atoms with Crippen molar-refractivity contribution in [2.75, 3.05) is 6.61 Å². The molecular weight excluding hydrogens is 348 g/mol. The molecule has 0 aliphatic carbocycles. The van der Waals surface area contributed by atoms with Crippen molar-refractivity contribution >= 4 is 11.8 Å². The Hall–Kier alpha value is -3.99. The average molecular weight is 362 g/mol. The Morgan fingerprint density at radius 1 is 1.30 bits per heavy atom. The highest BCUT2D eigenvalue weighted by molar-refractivity contribution is 6.06. The molecule has 0 saturated heterocycles. The Bertz CT molecular complexity index is 1110. The Kier molecular flexibility index (Phi) is 4.95. The molecular formula is C19H14N4O4. The van der Waals surface area contributed by atoms with Crippen molar-refractivity contribution in [3.63, 3.8) is 0 Å². The van der Waals surface area contributed by atoms with Gasteiger partial charge in [-0.25, -0.2) is 9.48 Å². The minimum absolute atomic E-state index is 0.0372. The summed E-state index contributed by atoms with van der Waals surface area (Å²) < 4.78 is 11.2. The van der Waals surface area contributed by atoms with Crippen molar-refractivity contribution in [2.24, 2.45) is 0 Å². The van der Waals surface area contributed by atoms with Crippen LogP contribution in [0.5, 0.6) is 0 Å². The molecule has 0 unspecified atom stereocenters. The fourth-order valence-electron chi connectivity index (χ4n) is 2.44. The molecule has 8 nitrogen and oxygen atoms in total. The number of aromatic nitrogens is 2. The number of esters is 1. The second-order valence-corrected chi connectivity index (χ2v) is 5.36. The van der Waals surface area contributed by atoms with Gasteiger partial charge in [-0.2, -0.15) is 10.4 Å². The highest BCUT2D eigenvalue weighted by Gasteiger charge is 2.21. The van der Waals surface area contributed by atoms with Crippen LogP contribution in [-0.2, 0) is 4.74 Å². The molecule has 0 radical (unpaired) electrons. The van der Waals surface area contributed by atoms with Gasteiger partial charge in [-0.15, -0.1) is 0 Å². The van der Waals surface area contributed by atoms with Gasteiger partial charge in [0.05, 0.1) is 24.1 Å². The number of rotatable bonds is 5. The first kappa shape index (κ1) is 17.8. The van der Waals surface area contributed by atoms with Crippen LogP contribution >= 0.6 is 0 Å². The van der Waals surface area contributed by atoms with Gasteiger partial charge in [0.1, 0.15) is 17.3 Å². The number of carbonyl (C=O) groups is 2. The van der Waals surface area contributed by atoms with Crippen molar-refractivity contribution in [3.8, 4) is 11.8 Å². The topological polar surface area (TPSA) is 122 Å². The largest absolute Gasteiger partial charge is 0.462 e. The van der Waals surface area contributed by atoms with Gasteiger partial charge in [0, 0.05) is 0 Å². The van der Waals surface area contributed by atoms with Crippen LogP contribution in [0.3, 0.4) is 0 Å². The monoisotopic (exact) mass is 362 g/mol. The second kappa shape index (κ2) is 7.49. The molecule has 0 fully saturated rings. The molecule has 0 saturated carbocycles. The SMILES string of the molecule is CCOC(=O)c1cc(C(=O)c2ccco2)nn(-c2ccccc2C#N)c1=N. The van der Waals surface area contributed by atoms with Crippen molar-refractivity contribution in [1.82, 2.24) is 9.78 Å². The molecule has 27 heavy (non-hydrogen) atoms. The smallest absolute Gasteiger partial charge is 0.342 e. The second-order valence-electron chi connectivity index (χ2n) is 5.36. The minimum atomic E-state index is -0.762. The number of benzene rings is 1. The third kappa shape index (κ3) is 3.39. The van der Waals surface area contributed by atoms with Crippen molar-refractivity contribution in [1.29, 1.82) is 10.7 Å². The number of hydrogen-bond acceptors (Lipinski definition) is 7. The average Bonchev–Trinajstić information content (AvgIpc) is 3.22. The number of carbonyl (C=O) groups excluding carboxylic acids is 2. The molecule has 3 aromatic rings. The van der Waals surface area contributed by atoms with Crippen molar-refractivity contribution in [3.05, 3.63) is 76.8 Å². The highest BCUT2D eigenvalue weighted by Crippen LogP contribution is 2.14. The van der Waals surface area contributed by atoms with E-state index in [9.17, 15) is 14.9 Å². The van der Waals surface area contributed by atoms with Crippen LogP contribution in [0.15, 0.2) is 53.1 Å².